The summed E-state index contributed by atoms with van der Waals surface area (Å²) < 4.78 is 32.3. The first-order chi connectivity index (χ1) is 13.4. The van der Waals surface area contributed by atoms with E-state index in [9.17, 15) is 14.7 Å². The zero-order valence-corrected chi connectivity index (χ0v) is 15.5. The first-order valence-corrected chi connectivity index (χ1v) is 9.64. The molecule has 3 aliphatic heterocycles. The van der Waals surface area contributed by atoms with Gasteiger partial charge in [-0.3, -0.25) is 9.69 Å². The number of likely N-dealkylation sites (N-methyl/N-ethyl adjacent to an activating group) is 1. The number of aromatic carboxylic acids is 1. The van der Waals surface area contributed by atoms with Crippen molar-refractivity contribution in [2.24, 2.45) is 0 Å². The summed E-state index contributed by atoms with van der Waals surface area (Å²) in [6, 6.07) is 1.24. The molecule has 4 fully saturated rings. The summed E-state index contributed by atoms with van der Waals surface area (Å²) in [6.07, 6.45) is 4.65. The number of benzene rings is 1. The molecule has 2 aromatic rings. The van der Waals surface area contributed by atoms with Crippen LogP contribution in [0.25, 0.3) is 10.9 Å². The van der Waals surface area contributed by atoms with Gasteiger partial charge in [0.25, 0.3) is 0 Å². The molecule has 1 aromatic carbocycles. The number of piperidine rings is 2. The van der Waals surface area contributed by atoms with Crippen LogP contribution in [0.3, 0.4) is 0 Å². The fourth-order valence-corrected chi connectivity index (χ4v) is 4.80. The lowest BCUT2D eigenvalue weighted by Gasteiger charge is -2.51. The molecule has 4 heterocycles. The molecule has 148 valence electrons. The summed E-state index contributed by atoms with van der Waals surface area (Å²) in [5.74, 6) is -2.95. The van der Waals surface area contributed by atoms with E-state index in [0.717, 1.165) is 38.3 Å². The number of fused-ring (bicyclic) bond motifs is 4. The number of rotatable bonds is 3. The Kier molecular flexibility index (Phi) is 3.78. The molecular weight excluding hydrogens is 368 g/mol. The van der Waals surface area contributed by atoms with Crippen LogP contribution >= 0.6 is 0 Å². The molecule has 0 spiro atoms. The van der Waals surface area contributed by atoms with E-state index in [1.165, 1.54) is 10.8 Å². The number of carbonyl (C=O) groups is 1. The maximum atomic E-state index is 15.7. The Labute approximate surface area is 160 Å². The first-order valence-electron chi connectivity index (χ1n) is 9.64. The van der Waals surface area contributed by atoms with E-state index in [1.54, 1.807) is 4.90 Å². The second-order valence-corrected chi connectivity index (χ2v) is 8.21. The van der Waals surface area contributed by atoms with Gasteiger partial charge in [0.15, 0.2) is 5.82 Å². The molecule has 1 N–H and O–H groups in total. The van der Waals surface area contributed by atoms with E-state index in [4.69, 9.17) is 0 Å². The van der Waals surface area contributed by atoms with Crippen molar-refractivity contribution in [1.29, 1.82) is 0 Å². The van der Waals surface area contributed by atoms with Crippen LogP contribution in [0.4, 0.5) is 14.5 Å². The maximum Gasteiger partial charge on any atom is 0.341 e. The van der Waals surface area contributed by atoms with Gasteiger partial charge in [-0.05, 0) is 38.8 Å². The third-order valence-corrected chi connectivity index (χ3v) is 6.45. The number of nitrogens with zero attached hydrogens (tertiary/aromatic N) is 3. The van der Waals surface area contributed by atoms with E-state index in [2.05, 4.69) is 4.90 Å². The fraction of sp³-hybridized carbons (Fsp3) is 0.500. The van der Waals surface area contributed by atoms with Gasteiger partial charge in [0.05, 0.1) is 10.9 Å². The van der Waals surface area contributed by atoms with Gasteiger partial charge >= 0.3 is 5.97 Å². The van der Waals surface area contributed by atoms with Crippen LogP contribution in [0.1, 0.15) is 42.1 Å². The minimum Gasteiger partial charge on any atom is -0.477 e. The lowest BCUT2D eigenvalue weighted by Crippen LogP contribution is -2.61. The molecule has 6 rings (SSSR count). The zero-order chi connectivity index (χ0) is 19.7. The zero-order valence-electron chi connectivity index (χ0n) is 15.5. The van der Waals surface area contributed by atoms with Crippen LogP contribution in [-0.4, -0.2) is 52.8 Å². The van der Waals surface area contributed by atoms with Crippen LogP contribution in [-0.2, 0) is 0 Å². The third kappa shape index (κ3) is 2.47. The van der Waals surface area contributed by atoms with Crippen LogP contribution in [0.5, 0.6) is 0 Å². The minimum atomic E-state index is -1.39. The summed E-state index contributed by atoms with van der Waals surface area (Å²) in [4.78, 5) is 28.0. The van der Waals surface area contributed by atoms with Crippen LogP contribution < -0.4 is 10.3 Å². The molecule has 2 unspecified atom stereocenters. The predicted molar refractivity (Wildman–Crippen MR) is 100 cm³/mol. The molecule has 6 nitrogen and oxygen atoms in total. The lowest BCUT2D eigenvalue weighted by atomic mass is 9.90. The summed E-state index contributed by atoms with van der Waals surface area (Å²) in [7, 11) is 2.03. The molecule has 1 saturated carbocycles. The Morgan fingerprint density at radius 1 is 1.11 bits per heavy atom. The van der Waals surface area contributed by atoms with Crippen LogP contribution in [0, 0.1) is 11.6 Å². The Bertz CT molecular complexity index is 1060. The Hall–Kier alpha value is -2.48. The molecule has 1 aromatic heterocycles. The summed E-state index contributed by atoms with van der Waals surface area (Å²) in [6.45, 7) is 1.29. The molecule has 2 atom stereocenters. The van der Waals surface area contributed by atoms with Gasteiger partial charge in [-0.25, -0.2) is 13.6 Å². The van der Waals surface area contributed by atoms with E-state index >= 15 is 8.78 Å². The number of pyridine rings is 1. The number of halogens is 2. The number of aromatic nitrogens is 1. The summed E-state index contributed by atoms with van der Waals surface area (Å²) in [5, 5.41) is 9.13. The van der Waals surface area contributed by atoms with Gasteiger partial charge in [-0.1, -0.05) is 0 Å². The van der Waals surface area contributed by atoms with E-state index in [1.807, 2.05) is 7.05 Å². The average Bonchev–Trinajstić information content (AvgIpc) is 3.48. The second kappa shape index (κ2) is 6.01. The number of carboxylic acid groups (broad SMARTS) is 1. The summed E-state index contributed by atoms with van der Waals surface area (Å²) in [5.41, 5.74) is -1.37. The molecular formula is C20H21F2N3O3. The predicted octanol–water partition coefficient (Wildman–Crippen LogP) is 2.60. The number of carboxylic acids is 1. The fourth-order valence-electron chi connectivity index (χ4n) is 4.80. The van der Waals surface area contributed by atoms with Crippen molar-refractivity contribution in [3.8, 4) is 0 Å². The van der Waals surface area contributed by atoms with E-state index < -0.39 is 28.6 Å². The van der Waals surface area contributed by atoms with E-state index in [-0.39, 0.29) is 34.7 Å². The highest BCUT2D eigenvalue weighted by atomic mass is 19.1. The maximum absolute atomic E-state index is 15.7. The Balaban J connectivity index is 1.75. The third-order valence-electron chi connectivity index (χ3n) is 6.45. The first kappa shape index (κ1) is 17.6. The van der Waals surface area contributed by atoms with Gasteiger partial charge in [0, 0.05) is 37.4 Å². The van der Waals surface area contributed by atoms with Crippen molar-refractivity contribution < 1.29 is 18.7 Å². The molecule has 0 amide bonds. The molecule has 4 aliphatic rings. The van der Waals surface area contributed by atoms with Gasteiger partial charge < -0.3 is 14.6 Å². The van der Waals surface area contributed by atoms with E-state index in [0.29, 0.717) is 6.54 Å². The largest absolute Gasteiger partial charge is 0.477 e. The highest BCUT2D eigenvalue weighted by molar-refractivity contribution is 5.94. The van der Waals surface area contributed by atoms with Crippen molar-refractivity contribution in [2.75, 3.05) is 25.0 Å². The smallest absolute Gasteiger partial charge is 0.341 e. The van der Waals surface area contributed by atoms with Gasteiger partial charge in [0.2, 0.25) is 5.43 Å². The molecule has 2 bridgehead atoms. The van der Waals surface area contributed by atoms with Gasteiger partial charge in [-0.2, -0.15) is 0 Å². The quantitative estimate of drug-likeness (QED) is 0.874. The number of piperazine rings is 1. The van der Waals surface area contributed by atoms with Gasteiger partial charge in [0.1, 0.15) is 17.1 Å². The van der Waals surface area contributed by atoms with Crippen molar-refractivity contribution in [3.63, 3.8) is 0 Å². The average molecular weight is 389 g/mol. The van der Waals surface area contributed by atoms with Crippen molar-refractivity contribution in [3.05, 3.63) is 39.7 Å². The molecule has 28 heavy (non-hydrogen) atoms. The topological polar surface area (TPSA) is 65.8 Å². The van der Waals surface area contributed by atoms with Crippen molar-refractivity contribution in [1.82, 2.24) is 9.47 Å². The Morgan fingerprint density at radius 2 is 1.79 bits per heavy atom. The monoisotopic (exact) mass is 389 g/mol. The standard InChI is InChI=1S/C20H21F2N3O3/c1-23-7-12-5-4-11(23)8-24(12)18-15(21)6-13-17(16(18)22)25(10-2-3-10)9-14(19(13)26)20(27)28/h6,9-12H,2-5,7-8H2,1H3,(H,27,28). The normalized spacial score (nSPS) is 24.9. The minimum absolute atomic E-state index is 0.0173. The number of hydrogen-bond donors (Lipinski definition) is 1. The van der Waals surface area contributed by atoms with Crippen LogP contribution in [0.15, 0.2) is 17.1 Å². The van der Waals surface area contributed by atoms with Gasteiger partial charge in [-0.15, -0.1) is 0 Å². The SMILES string of the molecule is CN1CC2CCC1CN2c1c(F)cc2c(=O)c(C(=O)O)cn(C3CC3)c2c1F. The summed E-state index contributed by atoms with van der Waals surface area (Å²) >= 11 is 0. The highest BCUT2D eigenvalue weighted by Crippen LogP contribution is 2.41. The molecule has 0 radical (unpaired) electrons. The van der Waals surface area contributed by atoms with Crippen LogP contribution in [0.2, 0.25) is 0 Å². The molecule has 3 saturated heterocycles. The highest BCUT2D eigenvalue weighted by Gasteiger charge is 2.40. The number of anilines is 1. The molecule has 1 aliphatic carbocycles. The lowest BCUT2D eigenvalue weighted by molar-refractivity contribution is 0.0695. The van der Waals surface area contributed by atoms with Crippen molar-refractivity contribution >= 4 is 22.6 Å². The molecule has 8 heteroatoms. The number of hydrogen-bond acceptors (Lipinski definition) is 4. The Morgan fingerprint density at radius 3 is 2.36 bits per heavy atom. The second-order valence-electron chi connectivity index (χ2n) is 8.21. The van der Waals surface area contributed by atoms with Crippen molar-refractivity contribution in [2.45, 2.75) is 43.8 Å².